The molecule has 1 amide bonds. The molecular formula is C22H28N4O7. The summed E-state index contributed by atoms with van der Waals surface area (Å²) in [5.74, 6) is -1.59. The molecule has 0 saturated carbocycles. The van der Waals surface area contributed by atoms with Crippen molar-refractivity contribution in [3.63, 3.8) is 0 Å². The van der Waals surface area contributed by atoms with Crippen molar-refractivity contribution in [1.82, 2.24) is 15.3 Å². The van der Waals surface area contributed by atoms with E-state index in [4.69, 9.17) is 9.47 Å². The van der Waals surface area contributed by atoms with E-state index in [-0.39, 0.29) is 32.6 Å². The van der Waals surface area contributed by atoms with Gasteiger partial charge in [-0.05, 0) is 44.5 Å². The van der Waals surface area contributed by atoms with Crippen LogP contribution in [0.1, 0.15) is 42.6 Å². The average molecular weight is 460 g/mol. The number of carbonyl (C=O) groups excluding carboxylic acids is 3. The molecular weight excluding hydrogens is 432 g/mol. The number of carbonyl (C=O) groups is 3. The molecule has 0 aliphatic carbocycles. The second-order valence-corrected chi connectivity index (χ2v) is 7.12. The van der Waals surface area contributed by atoms with Crippen LogP contribution in [0.25, 0.3) is 0 Å². The van der Waals surface area contributed by atoms with Crippen LogP contribution in [0.3, 0.4) is 0 Å². The summed E-state index contributed by atoms with van der Waals surface area (Å²) in [6, 6.07) is 5.54. The molecule has 1 aromatic carbocycles. The predicted molar refractivity (Wildman–Crippen MR) is 120 cm³/mol. The van der Waals surface area contributed by atoms with Gasteiger partial charge < -0.3 is 24.7 Å². The van der Waals surface area contributed by atoms with E-state index in [1.165, 1.54) is 6.20 Å². The molecule has 11 heteroatoms. The molecule has 3 N–H and O–H groups in total. The highest BCUT2D eigenvalue weighted by atomic mass is 16.5. The lowest BCUT2D eigenvalue weighted by molar-refractivity contribution is -0.146. The first-order valence-corrected chi connectivity index (χ1v) is 10.5. The number of aromatic amines is 2. The minimum atomic E-state index is -0.990. The first-order valence-electron chi connectivity index (χ1n) is 10.5. The number of amides is 1. The summed E-state index contributed by atoms with van der Waals surface area (Å²) < 4.78 is 9.86. The van der Waals surface area contributed by atoms with Crippen LogP contribution in [-0.4, -0.2) is 54.1 Å². The minimum Gasteiger partial charge on any atom is -0.466 e. The van der Waals surface area contributed by atoms with Crippen molar-refractivity contribution in [3.05, 3.63) is 62.4 Å². The molecule has 11 nitrogen and oxygen atoms in total. The Balaban J connectivity index is 2.05. The lowest BCUT2D eigenvalue weighted by Gasteiger charge is -2.20. The van der Waals surface area contributed by atoms with Gasteiger partial charge in [-0.15, -0.1) is 0 Å². The third kappa shape index (κ3) is 7.63. The molecule has 0 aliphatic rings. The van der Waals surface area contributed by atoms with Crippen molar-refractivity contribution in [2.45, 2.75) is 39.3 Å². The SMILES string of the molecule is CCOC(=O)CCC(NC(=O)c1ccc(N(C)Cc2c[nH]c(=O)[nH]c2=O)cc1)C(=O)OCC. The van der Waals surface area contributed by atoms with Gasteiger partial charge in [0.2, 0.25) is 0 Å². The van der Waals surface area contributed by atoms with Crippen molar-refractivity contribution in [2.75, 3.05) is 25.2 Å². The molecule has 0 aliphatic heterocycles. The van der Waals surface area contributed by atoms with Gasteiger partial charge in [-0.3, -0.25) is 19.4 Å². The van der Waals surface area contributed by atoms with Gasteiger partial charge in [0.15, 0.2) is 0 Å². The van der Waals surface area contributed by atoms with Gasteiger partial charge >= 0.3 is 17.6 Å². The second kappa shape index (κ2) is 12.2. The van der Waals surface area contributed by atoms with E-state index in [0.717, 1.165) is 5.69 Å². The number of hydrogen-bond donors (Lipinski definition) is 3. The smallest absolute Gasteiger partial charge is 0.328 e. The number of hydrogen-bond acceptors (Lipinski definition) is 8. The molecule has 0 fully saturated rings. The van der Waals surface area contributed by atoms with E-state index < -0.39 is 35.1 Å². The monoisotopic (exact) mass is 460 g/mol. The van der Waals surface area contributed by atoms with E-state index in [1.54, 1.807) is 50.1 Å². The Labute approximate surface area is 190 Å². The highest BCUT2D eigenvalue weighted by Gasteiger charge is 2.24. The van der Waals surface area contributed by atoms with E-state index >= 15 is 0 Å². The van der Waals surface area contributed by atoms with E-state index in [0.29, 0.717) is 11.1 Å². The maximum atomic E-state index is 12.7. The summed E-state index contributed by atoms with van der Waals surface area (Å²) in [6.45, 7) is 3.94. The molecule has 1 heterocycles. The fourth-order valence-corrected chi connectivity index (χ4v) is 3.00. The molecule has 178 valence electrons. The Hall–Kier alpha value is -3.89. The van der Waals surface area contributed by atoms with Crippen LogP contribution >= 0.6 is 0 Å². The molecule has 1 atom stereocenters. The van der Waals surface area contributed by atoms with Crippen molar-refractivity contribution in [1.29, 1.82) is 0 Å². The molecule has 2 rings (SSSR count). The first kappa shape index (κ1) is 25.4. The van der Waals surface area contributed by atoms with Crippen molar-refractivity contribution >= 4 is 23.5 Å². The van der Waals surface area contributed by atoms with Crippen molar-refractivity contribution < 1.29 is 23.9 Å². The molecule has 0 spiro atoms. The lowest BCUT2D eigenvalue weighted by atomic mass is 10.1. The number of aromatic nitrogens is 2. The summed E-state index contributed by atoms with van der Waals surface area (Å²) in [6.07, 6.45) is 1.37. The Morgan fingerprint density at radius 1 is 1.06 bits per heavy atom. The number of benzene rings is 1. The molecule has 33 heavy (non-hydrogen) atoms. The van der Waals surface area contributed by atoms with Crippen LogP contribution in [0.2, 0.25) is 0 Å². The summed E-state index contributed by atoms with van der Waals surface area (Å²) in [4.78, 5) is 65.8. The van der Waals surface area contributed by atoms with Gasteiger partial charge in [-0.1, -0.05) is 0 Å². The summed E-state index contributed by atoms with van der Waals surface area (Å²) in [5, 5.41) is 2.60. The number of ether oxygens (including phenoxy) is 2. The normalized spacial score (nSPS) is 11.4. The predicted octanol–water partition coefficient (Wildman–Crippen LogP) is 0.704. The van der Waals surface area contributed by atoms with Crippen molar-refractivity contribution in [3.8, 4) is 0 Å². The van der Waals surface area contributed by atoms with E-state index in [2.05, 4.69) is 15.3 Å². The third-order valence-corrected chi connectivity index (χ3v) is 4.69. The molecule has 2 aromatic rings. The minimum absolute atomic E-state index is 0.0365. The van der Waals surface area contributed by atoms with Gasteiger partial charge in [-0.2, -0.15) is 0 Å². The standard InChI is InChI=1S/C22H28N4O7/c1-4-32-18(27)11-10-17(21(30)33-5-2)24-19(28)14-6-8-16(9-7-14)26(3)13-15-12-23-22(31)25-20(15)29/h6-9,12,17H,4-5,10-11,13H2,1-3H3,(H,24,28)(H2,23,25,29,31). The molecule has 1 unspecified atom stereocenters. The Kier molecular flexibility index (Phi) is 9.40. The number of rotatable bonds is 11. The molecule has 0 radical (unpaired) electrons. The largest absolute Gasteiger partial charge is 0.466 e. The Morgan fingerprint density at radius 2 is 1.73 bits per heavy atom. The maximum Gasteiger partial charge on any atom is 0.328 e. The van der Waals surface area contributed by atoms with E-state index in [9.17, 15) is 24.0 Å². The van der Waals surface area contributed by atoms with Gasteiger partial charge in [0.1, 0.15) is 6.04 Å². The van der Waals surface area contributed by atoms with Gasteiger partial charge in [0.25, 0.3) is 11.5 Å². The zero-order valence-electron chi connectivity index (χ0n) is 18.8. The zero-order chi connectivity index (χ0) is 24.4. The number of anilines is 1. The fourth-order valence-electron chi connectivity index (χ4n) is 3.00. The van der Waals surface area contributed by atoms with Gasteiger partial charge in [0.05, 0.1) is 18.8 Å². The average Bonchev–Trinajstić information content (AvgIpc) is 2.78. The van der Waals surface area contributed by atoms with Crippen LogP contribution < -0.4 is 21.5 Å². The Bertz CT molecular complexity index is 1080. The maximum absolute atomic E-state index is 12.7. The Morgan fingerprint density at radius 3 is 2.33 bits per heavy atom. The number of nitrogens with zero attached hydrogens (tertiary/aromatic N) is 1. The summed E-state index contributed by atoms with van der Waals surface area (Å²) >= 11 is 0. The number of nitrogens with one attached hydrogen (secondary N) is 3. The number of esters is 2. The second-order valence-electron chi connectivity index (χ2n) is 7.12. The van der Waals surface area contributed by atoms with Crippen LogP contribution in [0.4, 0.5) is 5.69 Å². The lowest BCUT2D eigenvalue weighted by Crippen LogP contribution is -2.42. The third-order valence-electron chi connectivity index (χ3n) is 4.69. The fraction of sp³-hybridized carbons (Fsp3) is 0.409. The molecule has 1 aromatic heterocycles. The first-order chi connectivity index (χ1) is 15.7. The van der Waals surface area contributed by atoms with Gasteiger partial charge in [0, 0.05) is 37.5 Å². The van der Waals surface area contributed by atoms with Crippen molar-refractivity contribution in [2.24, 2.45) is 0 Å². The van der Waals surface area contributed by atoms with Gasteiger partial charge in [-0.25, -0.2) is 9.59 Å². The quantitative estimate of drug-likeness (QED) is 0.415. The summed E-state index contributed by atoms with van der Waals surface area (Å²) in [7, 11) is 1.76. The highest BCUT2D eigenvalue weighted by molar-refractivity contribution is 5.97. The molecule has 0 bridgehead atoms. The zero-order valence-corrected chi connectivity index (χ0v) is 18.8. The summed E-state index contributed by atoms with van der Waals surface area (Å²) in [5.41, 5.74) is 0.346. The highest BCUT2D eigenvalue weighted by Crippen LogP contribution is 2.16. The van der Waals surface area contributed by atoms with Crippen LogP contribution in [0.15, 0.2) is 40.1 Å². The van der Waals surface area contributed by atoms with Crippen LogP contribution in [0.5, 0.6) is 0 Å². The van der Waals surface area contributed by atoms with Crippen LogP contribution in [0, 0.1) is 0 Å². The topological polar surface area (TPSA) is 151 Å². The van der Waals surface area contributed by atoms with E-state index in [1.807, 2.05) is 0 Å². The number of H-pyrrole nitrogens is 2. The van der Waals surface area contributed by atoms with Crippen LogP contribution in [-0.2, 0) is 25.6 Å². The molecule has 0 saturated heterocycles.